The zero-order valence-corrected chi connectivity index (χ0v) is 20.3. The normalized spacial score (nSPS) is 18.2. The summed E-state index contributed by atoms with van der Waals surface area (Å²) in [6.07, 6.45) is 1.84. The van der Waals surface area contributed by atoms with E-state index in [1.807, 2.05) is 65.6 Å². The van der Waals surface area contributed by atoms with Crippen LogP contribution in [-0.4, -0.2) is 53.4 Å². The van der Waals surface area contributed by atoms with E-state index in [1.54, 1.807) is 12.1 Å². The largest absolute Gasteiger partial charge is 0.480 e. The van der Waals surface area contributed by atoms with Crippen LogP contribution in [0.4, 0.5) is 5.69 Å². The summed E-state index contributed by atoms with van der Waals surface area (Å²) in [6, 6.07) is 24.7. The van der Waals surface area contributed by atoms with Gasteiger partial charge in [-0.25, -0.2) is 0 Å². The van der Waals surface area contributed by atoms with E-state index in [2.05, 4.69) is 22.4 Å². The summed E-state index contributed by atoms with van der Waals surface area (Å²) in [4.78, 5) is 31.0. The van der Waals surface area contributed by atoms with Crippen molar-refractivity contribution in [3.05, 3.63) is 94.9 Å². The van der Waals surface area contributed by atoms with E-state index >= 15 is 0 Å². The number of amides is 1. The van der Waals surface area contributed by atoms with Crippen molar-refractivity contribution in [2.24, 2.45) is 4.99 Å². The maximum Gasteiger partial charge on any atom is 0.325 e. The number of amidine groups is 1. The molecule has 1 unspecified atom stereocenters. The maximum absolute atomic E-state index is 12.5. The van der Waals surface area contributed by atoms with Gasteiger partial charge in [0.15, 0.2) is 5.17 Å². The van der Waals surface area contributed by atoms with Crippen molar-refractivity contribution in [3.63, 3.8) is 0 Å². The van der Waals surface area contributed by atoms with Crippen LogP contribution < -0.4 is 5.32 Å². The predicted molar refractivity (Wildman–Crippen MR) is 143 cm³/mol. The van der Waals surface area contributed by atoms with Crippen LogP contribution in [-0.2, 0) is 14.3 Å². The number of morpholine rings is 1. The highest BCUT2D eigenvalue weighted by atomic mass is 32.2. The summed E-state index contributed by atoms with van der Waals surface area (Å²) in [5.74, 6) is -1.17. The van der Waals surface area contributed by atoms with Crippen molar-refractivity contribution in [3.8, 4) is 11.1 Å². The molecule has 2 aliphatic heterocycles. The van der Waals surface area contributed by atoms with Crippen molar-refractivity contribution in [2.45, 2.75) is 6.04 Å². The van der Waals surface area contributed by atoms with E-state index in [0.29, 0.717) is 41.9 Å². The highest BCUT2D eigenvalue weighted by Crippen LogP contribution is 2.31. The molecule has 1 amide bonds. The number of carboxylic acid groups (broad SMARTS) is 1. The van der Waals surface area contributed by atoms with E-state index in [9.17, 15) is 14.7 Å². The Balaban J connectivity index is 1.23. The van der Waals surface area contributed by atoms with E-state index in [1.165, 1.54) is 11.8 Å². The number of nitrogens with zero attached hydrogens (tertiary/aromatic N) is 2. The van der Waals surface area contributed by atoms with Gasteiger partial charge in [-0.15, -0.1) is 0 Å². The third-order valence-electron chi connectivity index (χ3n) is 6.06. The number of hydrogen-bond donors (Lipinski definition) is 2. The topological polar surface area (TPSA) is 91.2 Å². The lowest BCUT2D eigenvalue weighted by atomic mass is 10.0. The number of carbonyl (C=O) groups excluding carboxylic acids is 1. The number of carbonyl (C=O) groups is 2. The molecule has 0 bridgehead atoms. The lowest BCUT2D eigenvalue weighted by molar-refractivity contribution is -0.145. The second kappa shape index (κ2) is 10.9. The number of benzene rings is 3. The molecule has 2 aliphatic rings. The molecule has 2 heterocycles. The predicted octanol–water partition coefficient (Wildman–Crippen LogP) is 4.89. The summed E-state index contributed by atoms with van der Waals surface area (Å²) in [5, 5.41) is 13.4. The Morgan fingerprint density at radius 2 is 1.64 bits per heavy atom. The van der Waals surface area contributed by atoms with Crippen molar-refractivity contribution in [2.75, 3.05) is 31.6 Å². The SMILES string of the molecule is O=C1N=C(Nc2ccc(C(C(=O)O)N3CCOCC3)cc2)SC1=Cc1ccc(-c2ccccc2)cc1. The molecule has 1 atom stereocenters. The first kappa shape index (κ1) is 24.0. The number of ether oxygens (including phenoxy) is 1. The third-order valence-corrected chi connectivity index (χ3v) is 6.96. The number of rotatable bonds is 6. The fraction of sp³-hybridized carbons (Fsp3) is 0.179. The second-order valence-electron chi connectivity index (χ2n) is 8.46. The molecule has 1 saturated heterocycles. The van der Waals surface area contributed by atoms with Gasteiger partial charge in [0.05, 0.1) is 18.1 Å². The Morgan fingerprint density at radius 3 is 2.31 bits per heavy atom. The summed E-state index contributed by atoms with van der Waals surface area (Å²) in [6.45, 7) is 2.22. The van der Waals surface area contributed by atoms with Crippen LogP contribution in [0.25, 0.3) is 17.2 Å². The van der Waals surface area contributed by atoms with E-state index in [4.69, 9.17) is 4.74 Å². The first-order valence-electron chi connectivity index (χ1n) is 11.7. The summed E-state index contributed by atoms with van der Waals surface area (Å²) < 4.78 is 5.35. The van der Waals surface area contributed by atoms with Gasteiger partial charge in [0.2, 0.25) is 0 Å². The van der Waals surface area contributed by atoms with Crippen LogP contribution in [0.2, 0.25) is 0 Å². The average molecular weight is 500 g/mol. The fourth-order valence-electron chi connectivity index (χ4n) is 4.23. The highest BCUT2D eigenvalue weighted by molar-refractivity contribution is 8.18. The van der Waals surface area contributed by atoms with Crippen LogP contribution in [0.3, 0.4) is 0 Å². The fourth-order valence-corrected chi connectivity index (χ4v) is 5.07. The zero-order valence-electron chi connectivity index (χ0n) is 19.5. The zero-order chi connectivity index (χ0) is 24.9. The van der Waals surface area contributed by atoms with Gasteiger partial charge in [0, 0.05) is 18.8 Å². The first-order valence-corrected chi connectivity index (χ1v) is 12.5. The molecule has 2 N–H and O–H groups in total. The van der Waals surface area contributed by atoms with Crippen molar-refractivity contribution in [1.82, 2.24) is 4.90 Å². The molecule has 7 nitrogen and oxygen atoms in total. The number of aliphatic imine (C=N–C) groups is 1. The molecular weight excluding hydrogens is 474 g/mol. The van der Waals surface area contributed by atoms with Crippen molar-refractivity contribution < 1.29 is 19.4 Å². The van der Waals surface area contributed by atoms with Crippen LogP contribution in [0.5, 0.6) is 0 Å². The van der Waals surface area contributed by atoms with E-state index in [0.717, 1.165) is 22.4 Å². The van der Waals surface area contributed by atoms with Gasteiger partial charge < -0.3 is 15.2 Å². The molecule has 0 spiro atoms. The minimum absolute atomic E-state index is 0.287. The molecule has 5 rings (SSSR count). The molecule has 0 aromatic heterocycles. The third kappa shape index (κ3) is 5.57. The molecular formula is C28H25N3O4S. The molecule has 0 radical (unpaired) electrons. The molecule has 36 heavy (non-hydrogen) atoms. The Labute approximate surface area is 213 Å². The van der Waals surface area contributed by atoms with Gasteiger partial charge in [0.25, 0.3) is 5.91 Å². The van der Waals surface area contributed by atoms with E-state index < -0.39 is 12.0 Å². The van der Waals surface area contributed by atoms with Gasteiger partial charge in [-0.2, -0.15) is 4.99 Å². The number of nitrogens with one attached hydrogen (secondary N) is 1. The lowest BCUT2D eigenvalue weighted by Gasteiger charge is -2.32. The average Bonchev–Trinajstić information content (AvgIpc) is 3.24. The Hall–Kier alpha value is -3.72. The number of aliphatic carboxylic acids is 1. The Morgan fingerprint density at radius 1 is 0.972 bits per heavy atom. The van der Waals surface area contributed by atoms with Gasteiger partial charge in [-0.1, -0.05) is 66.7 Å². The van der Waals surface area contributed by atoms with Gasteiger partial charge >= 0.3 is 5.97 Å². The summed E-state index contributed by atoms with van der Waals surface area (Å²) in [5.41, 5.74) is 4.62. The van der Waals surface area contributed by atoms with Crippen LogP contribution in [0.15, 0.2) is 88.8 Å². The lowest BCUT2D eigenvalue weighted by Crippen LogP contribution is -2.42. The molecule has 0 saturated carbocycles. The molecule has 3 aromatic rings. The van der Waals surface area contributed by atoms with Gasteiger partial charge in [-0.3, -0.25) is 14.5 Å². The highest BCUT2D eigenvalue weighted by Gasteiger charge is 2.29. The van der Waals surface area contributed by atoms with Crippen molar-refractivity contribution in [1.29, 1.82) is 0 Å². The number of anilines is 1. The monoisotopic (exact) mass is 499 g/mol. The quantitative estimate of drug-likeness (QED) is 0.467. The molecule has 8 heteroatoms. The van der Waals surface area contributed by atoms with Crippen LogP contribution in [0, 0.1) is 0 Å². The van der Waals surface area contributed by atoms with Gasteiger partial charge in [-0.05, 0) is 52.2 Å². The van der Waals surface area contributed by atoms with E-state index in [-0.39, 0.29) is 5.91 Å². The molecule has 182 valence electrons. The minimum Gasteiger partial charge on any atom is -0.480 e. The summed E-state index contributed by atoms with van der Waals surface area (Å²) >= 11 is 1.28. The standard InChI is InChI=1S/C28H25N3O4S/c32-26-24(18-19-6-8-21(9-7-19)20-4-2-1-3-5-20)36-28(30-26)29-23-12-10-22(11-13-23)25(27(33)34)31-14-16-35-17-15-31/h1-13,18,25H,14-17H2,(H,33,34)(H,29,30,32). The first-order chi connectivity index (χ1) is 17.6. The second-order valence-corrected chi connectivity index (χ2v) is 9.49. The molecule has 3 aromatic carbocycles. The number of hydrogen-bond acceptors (Lipinski definition) is 6. The summed E-state index contributed by atoms with van der Waals surface area (Å²) in [7, 11) is 0. The Kier molecular flexibility index (Phi) is 7.27. The van der Waals surface area contributed by atoms with Crippen LogP contribution in [0.1, 0.15) is 17.2 Å². The van der Waals surface area contributed by atoms with Gasteiger partial charge in [0.1, 0.15) is 6.04 Å². The Bertz CT molecular complexity index is 1300. The minimum atomic E-state index is -0.884. The number of thioether (sulfide) groups is 1. The maximum atomic E-state index is 12.5. The smallest absolute Gasteiger partial charge is 0.325 e. The van der Waals surface area contributed by atoms with Crippen molar-refractivity contribution >= 4 is 40.6 Å². The number of carboxylic acids is 1. The molecule has 1 fully saturated rings. The van der Waals surface area contributed by atoms with Crippen LogP contribution >= 0.6 is 11.8 Å². The molecule has 0 aliphatic carbocycles.